The molecule has 0 aromatic heterocycles. The average molecular weight is 548 g/mol. The number of amides is 3. The highest BCUT2D eigenvalue weighted by Crippen LogP contribution is 2.39. The topological polar surface area (TPSA) is 88.2 Å². The number of ether oxygens (including phenoxy) is 2. The fourth-order valence-electron chi connectivity index (χ4n) is 4.77. The van der Waals surface area contributed by atoms with Gasteiger partial charge in [0.15, 0.2) is 0 Å². The van der Waals surface area contributed by atoms with Crippen LogP contribution in [0.1, 0.15) is 53.8 Å². The monoisotopic (exact) mass is 547 g/mol. The first-order chi connectivity index (χ1) is 17.7. The fraction of sp³-hybridized carbons (Fsp3) is 0.444. The van der Waals surface area contributed by atoms with Crippen molar-refractivity contribution in [2.24, 2.45) is 0 Å². The van der Waals surface area contributed by atoms with Gasteiger partial charge in [0.1, 0.15) is 17.5 Å². The van der Waals surface area contributed by atoms with Gasteiger partial charge in [-0.3, -0.25) is 19.3 Å². The van der Waals surface area contributed by atoms with Crippen LogP contribution in [0.2, 0.25) is 10.0 Å². The van der Waals surface area contributed by atoms with Crippen molar-refractivity contribution in [2.45, 2.75) is 50.9 Å². The van der Waals surface area contributed by atoms with Crippen molar-refractivity contribution in [3.8, 4) is 5.75 Å². The van der Waals surface area contributed by atoms with Crippen LogP contribution in [0.3, 0.4) is 0 Å². The molecule has 2 aromatic rings. The zero-order valence-corrected chi connectivity index (χ0v) is 22.6. The van der Waals surface area contributed by atoms with E-state index in [4.69, 9.17) is 32.7 Å². The van der Waals surface area contributed by atoms with E-state index in [0.717, 1.165) is 6.42 Å². The van der Waals surface area contributed by atoms with Crippen LogP contribution in [-0.4, -0.2) is 72.1 Å². The Morgan fingerprint density at radius 2 is 1.78 bits per heavy atom. The number of hydrogen-bond donors (Lipinski definition) is 1. The SMILES string of the molecule is CC[C@H](C)NC(=O)[C@@H]1COC2(CCN(C(=O)c3ccc(Cl)c(Cl)c3)CC2)N1C(=O)c1cccc(OC)c1. The largest absolute Gasteiger partial charge is 0.497 e. The average Bonchev–Trinajstić information content (AvgIpc) is 3.28. The highest BCUT2D eigenvalue weighted by molar-refractivity contribution is 6.42. The summed E-state index contributed by atoms with van der Waals surface area (Å²) in [5, 5.41) is 3.67. The highest BCUT2D eigenvalue weighted by atomic mass is 35.5. The van der Waals surface area contributed by atoms with Crippen molar-refractivity contribution in [1.29, 1.82) is 0 Å². The Kier molecular flexibility index (Phi) is 8.31. The molecule has 2 atom stereocenters. The molecule has 3 amide bonds. The summed E-state index contributed by atoms with van der Waals surface area (Å²) in [6, 6.07) is 10.8. The number of nitrogens with zero attached hydrogens (tertiary/aromatic N) is 2. The van der Waals surface area contributed by atoms with E-state index in [2.05, 4.69) is 5.32 Å². The summed E-state index contributed by atoms with van der Waals surface area (Å²) in [4.78, 5) is 43.5. The number of carbonyl (C=O) groups excluding carboxylic acids is 3. The molecule has 10 heteroatoms. The van der Waals surface area contributed by atoms with Crippen molar-refractivity contribution in [1.82, 2.24) is 15.1 Å². The summed E-state index contributed by atoms with van der Waals surface area (Å²) in [5.74, 6) is -0.201. The third-order valence-electron chi connectivity index (χ3n) is 7.10. The van der Waals surface area contributed by atoms with E-state index in [1.807, 2.05) is 13.8 Å². The third-order valence-corrected chi connectivity index (χ3v) is 7.84. The standard InChI is InChI=1S/C27H31Cl2N3O5/c1-4-17(2)30-24(33)23-16-37-27(32(23)26(35)18-6-5-7-20(14-18)36-3)10-12-31(13-11-27)25(34)19-8-9-21(28)22(29)15-19/h5-9,14-15,17,23H,4,10-13,16H2,1-3H3,(H,30,33)/t17-,23-/m0/s1. The first-order valence-electron chi connectivity index (χ1n) is 12.4. The summed E-state index contributed by atoms with van der Waals surface area (Å²) in [5.41, 5.74) is -0.167. The smallest absolute Gasteiger partial charge is 0.257 e. The Balaban J connectivity index is 1.59. The quantitative estimate of drug-likeness (QED) is 0.579. The number of rotatable bonds is 6. The lowest BCUT2D eigenvalue weighted by Crippen LogP contribution is -2.60. The van der Waals surface area contributed by atoms with Gasteiger partial charge >= 0.3 is 0 Å². The lowest BCUT2D eigenvalue weighted by molar-refractivity contribution is -0.128. The van der Waals surface area contributed by atoms with Crippen LogP contribution >= 0.6 is 23.2 Å². The number of likely N-dealkylation sites (tertiary alicyclic amines) is 1. The normalized spacial score (nSPS) is 19.5. The van der Waals surface area contributed by atoms with Gasteiger partial charge in [0.2, 0.25) is 5.91 Å². The lowest BCUT2D eigenvalue weighted by Gasteiger charge is -2.44. The molecule has 2 aliphatic heterocycles. The third kappa shape index (κ3) is 5.56. The highest BCUT2D eigenvalue weighted by Gasteiger charge is 2.54. The number of benzene rings is 2. The minimum atomic E-state index is -1.01. The van der Waals surface area contributed by atoms with Crippen LogP contribution in [0.4, 0.5) is 0 Å². The van der Waals surface area contributed by atoms with E-state index in [9.17, 15) is 14.4 Å². The molecule has 37 heavy (non-hydrogen) atoms. The zero-order valence-electron chi connectivity index (χ0n) is 21.1. The Labute approximate surface area is 226 Å². The molecule has 0 radical (unpaired) electrons. The second kappa shape index (κ2) is 11.3. The fourth-order valence-corrected chi connectivity index (χ4v) is 5.07. The Morgan fingerprint density at radius 1 is 1.08 bits per heavy atom. The van der Waals surface area contributed by atoms with Crippen molar-refractivity contribution in [3.63, 3.8) is 0 Å². The van der Waals surface area contributed by atoms with E-state index in [1.165, 1.54) is 7.11 Å². The Bertz CT molecular complexity index is 1180. The van der Waals surface area contributed by atoms with Gasteiger partial charge in [-0.2, -0.15) is 0 Å². The molecule has 2 aromatic carbocycles. The molecule has 2 heterocycles. The second-order valence-electron chi connectivity index (χ2n) is 9.42. The summed E-state index contributed by atoms with van der Waals surface area (Å²) in [6.45, 7) is 4.68. The number of nitrogens with one attached hydrogen (secondary N) is 1. The minimum Gasteiger partial charge on any atom is -0.497 e. The van der Waals surface area contributed by atoms with Gasteiger partial charge in [-0.25, -0.2) is 0 Å². The Hall–Kier alpha value is -2.81. The van der Waals surface area contributed by atoms with Gasteiger partial charge in [-0.1, -0.05) is 36.2 Å². The molecule has 0 unspecified atom stereocenters. The summed E-state index contributed by atoms with van der Waals surface area (Å²) < 4.78 is 11.5. The van der Waals surface area contributed by atoms with Crippen LogP contribution in [-0.2, 0) is 9.53 Å². The molecule has 0 bridgehead atoms. The number of hydrogen-bond acceptors (Lipinski definition) is 5. The molecule has 0 saturated carbocycles. The number of methoxy groups -OCH3 is 1. The molecule has 2 aliphatic rings. The summed E-state index contributed by atoms with van der Waals surface area (Å²) >= 11 is 12.1. The van der Waals surface area contributed by atoms with Gasteiger partial charge in [0, 0.05) is 43.1 Å². The van der Waals surface area contributed by atoms with Crippen LogP contribution < -0.4 is 10.1 Å². The molecule has 8 nitrogen and oxygen atoms in total. The van der Waals surface area contributed by atoms with Gasteiger partial charge in [0.25, 0.3) is 11.8 Å². The van der Waals surface area contributed by atoms with E-state index < -0.39 is 11.8 Å². The molecular formula is C27H31Cl2N3O5. The van der Waals surface area contributed by atoms with Crippen LogP contribution in [0.15, 0.2) is 42.5 Å². The Morgan fingerprint density at radius 3 is 2.43 bits per heavy atom. The van der Waals surface area contributed by atoms with Gasteiger partial charge in [0.05, 0.1) is 23.8 Å². The van der Waals surface area contributed by atoms with Crippen LogP contribution in [0, 0.1) is 0 Å². The predicted octanol–water partition coefficient (Wildman–Crippen LogP) is 4.39. The maximum Gasteiger partial charge on any atom is 0.257 e. The molecule has 2 fully saturated rings. The van der Waals surface area contributed by atoms with Crippen molar-refractivity contribution < 1.29 is 23.9 Å². The predicted molar refractivity (Wildman–Crippen MR) is 141 cm³/mol. The van der Waals surface area contributed by atoms with E-state index in [0.29, 0.717) is 52.9 Å². The van der Waals surface area contributed by atoms with Crippen molar-refractivity contribution >= 4 is 40.9 Å². The van der Waals surface area contributed by atoms with Crippen molar-refractivity contribution in [3.05, 3.63) is 63.6 Å². The molecule has 198 valence electrons. The maximum atomic E-state index is 13.9. The summed E-state index contributed by atoms with van der Waals surface area (Å²) in [7, 11) is 1.53. The van der Waals surface area contributed by atoms with Crippen LogP contribution in [0.25, 0.3) is 0 Å². The van der Waals surface area contributed by atoms with E-state index >= 15 is 0 Å². The van der Waals surface area contributed by atoms with Gasteiger partial charge in [-0.15, -0.1) is 0 Å². The number of carbonyl (C=O) groups is 3. The molecule has 2 saturated heterocycles. The van der Waals surface area contributed by atoms with Gasteiger partial charge < -0.3 is 19.7 Å². The zero-order chi connectivity index (χ0) is 26.7. The number of piperidine rings is 1. The number of halogens is 2. The van der Waals surface area contributed by atoms with Gasteiger partial charge in [-0.05, 0) is 49.7 Å². The lowest BCUT2D eigenvalue weighted by atomic mass is 9.96. The first-order valence-corrected chi connectivity index (χ1v) is 13.1. The van der Waals surface area contributed by atoms with Crippen molar-refractivity contribution in [2.75, 3.05) is 26.8 Å². The summed E-state index contributed by atoms with van der Waals surface area (Å²) in [6.07, 6.45) is 1.49. The molecule has 1 N–H and O–H groups in total. The second-order valence-corrected chi connectivity index (χ2v) is 10.2. The van der Waals surface area contributed by atoms with Crippen LogP contribution in [0.5, 0.6) is 5.75 Å². The first kappa shape index (κ1) is 27.2. The van der Waals surface area contributed by atoms with E-state index in [-0.39, 0.29) is 30.4 Å². The minimum absolute atomic E-state index is 0.0384. The molecular weight excluding hydrogens is 517 g/mol. The maximum absolute atomic E-state index is 13.9. The molecule has 0 aliphatic carbocycles. The molecule has 1 spiro atoms. The van der Waals surface area contributed by atoms with E-state index in [1.54, 1.807) is 52.3 Å². The molecule has 4 rings (SSSR count).